The number of rotatable bonds is 0. The largest absolute Gasteiger partial charge is 0.248 e. The molecular weight excluding hydrogens is 146 g/mol. The van der Waals surface area contributed by atoms with Gasteiger partial charge in [0, 0.05) is 11.6 Å². The van der Waals surface area contributed by atoms with Crippen LogP contribution in [0.1, 0.15) is 25.5 Å². The summed E-state index contributed by atoms with van der Waals surface area (Å²) in [5, 5.41) is 0. The van der Waals surface area contributed by atoms with E-state index in [4.69, 9.17) is 0 Å². The molecule has 0 amide bonds. The molecule has 12 heavy (non-hydrogen) atoms. The minimum absolute atomic E-state index is 0.303. The Balaban J connectivity index is 2.16. The Hall–Kier alpha value is -1.29. The molecule has 1 aromatic rings. The van der Waals surface area contributed by atoms with Crippen LogP contribution in [0.15, 0.2) is 24.4 Å². The van der Waals surface area contributed by atoms with E-state index in [1.807, 2.05) is 18.2 Å². The minimum Gasteiger partial charge on any atom is -0.248 e. The summed E-state index contributed by atoms with van der Waals surface area (Å²) in [6.45, 7) is 2.20. The van der Waals surface area contributed by atoms with E-state index in [1.54, 1.807) is 6.20 Å². The van der Waals surface area contributed by atoms with Crippen LogP contribution in [-0.2, 0) is 0 Å². The zero-order valence-corrected chi connectivity index (χ0v) is 7.17. The average Bonchev–Trinajstić information content (AvgIpc) is 2.84. The van der Waals surface area contributed by atoms with Crippen molar-refractivity contribution in [2.75, 3.05) is 0 Å². The molecule has 1 heterocycles. The zero-order valence-electron chi connectivity index (χ0n) is 7.17. The summed E-state index contributed by atoms with van der Waals surface area (Å²) in [6.07, 6.45) is 4.26. The Morgan fingerprint density at radius 2 is 2.25 bits per heavy atom. The van der Waals surface area contributed by atoms with Gasteiger partial charge in [-0.1, -0.05) is 12.0 Å². The number of hydrogen-bond donors (Lipinski definition) is 0. The summed E-state index contributed by atoms with van der Waals surface area (Å²) in [5.41, 5.74) is 1.18. The van der Waals surface area contributed by atoms with Crippen molar-refractivity contribution < 1.29 is 0 Å². The normalized spacial score (nSPS) is 17.8. The second-order valence-corrected chi connectivity index (χ2v) is 3.53. The van der Waals surface area contributed by atoms with Gasteiger partial charge in [-0.15, -0.1) is 0 Å². The lowest BCUT2D eigenvalue weighted by Crippen LogP contribution is -1.86. The molecule has 1 aliphatic carbocycles. The molecule has 0 radical (unpaired) electrons. The van der Waals surface area contributed by atoms with Crippen molar-refractivity contribution >= 4 is 0 Å². The fraction of sp³-hybridized carbons (Fsp3) is 0.364. The van der Waals surface area contributed by atoms with E-state index in [1.165, 1.54) is 12.8 Å². The second kappa shape index (κ2) is 2.64. The maximum Gasteiger partial charge on any atom is 0.113 e. The van der Waals surface area contributed by atoms with Crippen LogP contribution in [0.2, 0.25) is 0 Å². The highest BCUT2D eigenvalue weighted by atomic mass is 14.6. The third kappa shape index (κ3) is 1.65. The molecule has 1 aliphatic rings. The predicted octanol–water partition coefficient (Wildman–Crippen LogP) is 2.23. The summed E-state index contributed by atoms with van der Waals surface area (Å²) in [6, 6.07) is 5.81. The first-order valence-corrected chi connectivity index (χ1v) is 4.23. The molecule has 1 nitrogen and oxygen atoms in total. The zero-order chi connectivity index (χ0) is 8.44. The lowest BCUT2D eigenvalue weighted by atomic mass is 10.1. The quantitative estimate of drug-likeness (QED) is 0.526. The number of hydrogen-bond acceptors (Lipinski definition) is 1. The molecule has 0 N–H and O–H groups in total. The van der Waals surface area contributed by atoms with Crippen molar-refractivity contribution in [3.05, 3.63) is 30.1 Å². The fourth-order valence-electron chi connectivity index (χ4n) is 0.964. The summed E-state index contributed by atoms with van der Waals surface area (Å²) < 4.78 is 0. The topological polar surface area (TPSA) is 12.9 Å². The van der Waals surface area contributed by atoms with E-state index < -0.39 is 0 Å². The van der Waals surface area contributed by atoms with Gasteiger partial charge in [0.1, 0.15) is 5.69 Å². The molecule has 0 atom stereocenters. The van der Waals surface area contributed by atoms with Gasteiger partial charge in [-0.05, 0) is 37.8 Å². The first-order valence-electron chi connectivity index (χ1n) is 4.23. The van der Waals surface area contributed by atoms with E-state index >= 15 is 0 Å². The molecule has 0 aliphatic heterocycles. The van der Waals surface area contributed by atoms with Gasteiger partial charge < -0.3 is 0 Å². The van der Waals surface area contributed by atoms with Crippen molar-refractivity contribution in [2.24, 2.45) is 5.41 Å². The van der Waals surface area contributed by atoms with Gasteiger partial charge in [0.2, 0.25) is 0 Å². The highest BCUT2D eigenvalue weighted by Crippen LogP contribution is 2.44. The van der Waals surface area contributed by atoms with Gasteiger partial charge in [0.15, 0.2) is 0 Å². The van der Waals surface area contributed by atoms with Crippen LogP contribution in [0.5, 0.6) is 0 Å². The Bertz CT molecular complexity index is 325. The summed E-state index contributed by atoms with van der Waals surface area (Å²) in [4.78, 5) is 4.14. The van der Waals surface area contributed by atoms with Crippen molar-refractivity contribution in [3.63, 3.8) is 0 Å². The van der Waals surface area contributed by atoms with Crippen LogP contribution in [0, 0.1) is 17.3 Å². The van der Waals surface area contributed by atoms with Gasteiger partial charge in [-0.25, -0.2) is 4.98 Å². The molecule has 2 rings (SSSR count). The van der Waals surface area contributed by atoms with Gasteiger partial charge >= 0.3 is 0 Å². The van der Waals surface area contributed by atoms with Crippen LogP contribution < -0.4 is 0 Å². The van der Waals surface area contributed by atoms with Crippen LogP contribution in [-0.4, -0.2) is 4.98 Å². The Labute approximate surface area is 72.8 Å². The molecule has 60 valence electrons. The molecule has 0 unspecified atom stereocenters. The highest BCUT2D eigenvalue weighted by Gasteiger charge is 2.35. The number of pyridine rings is 1. The van der Waals surface area contributed by atoms with Crippen LogP contribution in [0.25, 0.3) is 0 Å². The lowest BCUT2D eigenvalue weighted by molar-refractivity contribution is 0.782. The molecule has 1 saturated carbocycles. The van der Waals surface area contributed by atoms with Crippen molar-refractivity contribution in [2.45, 2.75) is 19.8 Å². The maximum atomic E-state index is 4.14. The molecule has 1 heteroatoms. The monoisotopic (exact) mass is 157 g/mol. The van der Waals surface area contributed by atoms with Crippen LogP contribution >= 0.6 is 0 Å². The first kappa shape index (κ1) is 7.36. The standard InChI is InChI=1S/C11H11N/c1-11(7-8-11)6-5-10-4-2-3-9-12-10/h2-4,9H,7-8H2,1H3. The van der Waals surface area contributed by atoms with E-state index in [0.717, 1.165) is 5.69 Å². The van der Waals surface area contributed by atoms with Crippen molar-refractivity contribution in [1.82, 2.24) is 4.98 Å². The number of nitrogens with zero attached hydrogens (tertiary/aromatic N) is 1. The second-order valence-electron chi connectivity index (χ2n) is 3.53. The van der Waals surface area contributed by atoms with Crippen LogP contribution in [0.4, 0.5) is 0 Å². The molecule has 0 saturated heterocycles. The molecule has 0 bridgehead atoms. The smallest absolute Gasteiger partial charge is 0.113 e. The summed E-state index contributed by atoms with van der Waals surface area (Å²) in [7, 11) is 0. The predicted molar refractivity (Wildman–Crippen MR) is 48.5 cm³/mol. The first-order chi connectivity index (χ1) is 5.79. The van der Waals surface area contributed by atoms with E-state index in [2.05, 4.69) is 23.7 Å². The highest BCUT2D eigenvalue weighted by molar-refractivity contribution is 5.31. The Morgan fingerprint density at radius 1 is 1.42 bits per heavy atom. The van der Waals surface area contributed by atoms with Gasteiger partial charge in [0.25, 0.3) is 0 Å². The third-order valence-corrected chi connectivity index (χ3v) is 2.16. The van der Waals surface area contributed by atoms with Gasteiger partial charge in [-0.2, -0.15) is 0 Å². The summed E-state index contributed by atoms with van der Waals surface area (Å²) >= 11 is 0. The van der Waals surface area contributed by atoms with E-state index in [-0.39, 0.29) is 0 Å². The fourth-order valence-corrected chi connectivity index (χ4v) is 0.964. The Kier molecular flexibility index (Phi) is 1.62. The number of aromatic nitrogens is 1. The third-order valence-electron chi connectivity index (χ3n) is 2.16. The SMILES string of the molecule is CC1(C#Cc2ccccn2)CC1. The van der Waals surface area contributed by atoms with Crippen molar-refractivity contribution in [3.8, 4) is 11.8 Å². The molecule has 1 aromatic heterocycles. The average molecular weight is 157 g/mol. The Morgan fingerprint density at radius 3 is 2.83 bits per heavy atom. The van der Waals surface area contributed by atoms with Crippen molar-refractivity contribution in [1.29, 1.82) is 0 Å². The lowest BCUT2D eigenvalue weighted by Gasteiger charge is -1.91. The molecule has 0 aromatic carbocycles. The maximum absolute atomic E-state index is 4.14. The van der Waals surface area contributed by atoms with Crippen LogP contribution in [0.3, 0.4) is 0 Å². The van der Waals surface area contributed by atoms with Gasteiger partial charge in [-0.3, -0.25) is 0 Å². The molecular formula is C11H11N. The molecule has 0 spiro atoms. The van der Waals surface area contributed by atoms with E-state index in [0.29, 0.717) is 5.41 Å². The minimum atomic E-state index is 0.303. The van der Waals surface area contributed by atoms with Gasteiger partial charge in [0.05, 0.1) is 0 Å². The summed E-state index contributed by atoms with van der Waals surface area (Å²) in [5.74, 6) is 6.32. The van der Waals surface area contributed by atoms with E-state index in [9.17, 15) is 0 Å². The molecule has 1 fully saturated rings.